The van der Waals surface area contributed by atoms with Gasteiger partial charge in [-0.25, -0.2) is 4.98 Å². The van der Waals surface area contributed by atoms with E-state index in [1.165, 1.54) is 0 Å². The Kier molecular flexibility index (Phi) is 3.58. The molecule has 1 aliphatic heterocycles. The fourth-order valence-electron chi connectivity index (χ4n) is 1.92. The van der Waals surface area contributed by atoms with Gasteiger partial charge in [0.05, 0.1) is 12.3 Å². The second-order valence-corrected chi connectivity index (χ2v) is 6.50. The lowest BCUT2D eigenvalue weighted by atomic mass is 9.91. The molecule has 5 heteroatoms. The average molecular weight is 348 g/mol. The van der Waals surface area contributed by atoms with Crippen molar-refractivity contribution < 1.29 is 4.74 Å². The molecule has 0 aromatic carbocycles. The molecular weight excluding hydrogens is 331 g/mol. The Hall–Kier alpha value is -0.430. The summed E-state index contributed by atoms with van der Waals surface area (Å²) < 4.78 is 6.04. The number of halogens is 1. The molecule has 2 rings (SSSR count). The third-order valence-electron chi connectivity index (χ3n) is 2.91. The van der Waals surface area contributed by atoms with Crippen molar-refractivity contribution in [1.82, 2.24) is 9.97 Å². The van der Waals surface area contributed by atoms with E-state index in [4.69, 9.17) is 4.74 Å². The molecule has 17 heavy (non-hydrogen) atoms. The van der Waals surface area contributed by atoms with Crippen LogP contribution in [-0.4, -0.2) is 23.2 Å². The van der Waals surface area contributed by atoms with Gasteiger partial charge >= 0.3 is 0 Å². The fraction of sp³-hybridized carbons (Fsp3) is 0.667. The quantitative estimate of drug-likeness (QED) is 0.792. The molecule has 1 aromatic rings. The van der Waals surface area contributed by atoms with Gasteiger partial charge in [-0.2, -0.15) is 0 Å². The van der Waals surface area contributed by atoms with E-state index in [1.54, 1.807) is 0 Å². The SMILES string of the molecule is CC(C)(C)c1nc(C2CCOC2)[nH]c(=O)c1I. The monoisotopic (exact) mass is 348 g/mol. The van der Waals surface area contributed by atoms with Crippen LogP contribution in [0.25, 0.3) is 0 Å². The molecule has 1 N–H and O–H groups in total. The largest absolute Gasteiger partial charge is 0.381 e. The van der Waals surface area contributed by atoms with E-state index in [9.17, 15) is 4.79 Å². The number of aromatic amines is 1. The van der Waals surface area contributed by atoms with E-state index in [0.717, 1.165) is 24.5 Å². The molecule has 0 spiro atoms. The van der Waals surface area contributed by atoms with Gasteiger partial charge in [-0.1, -0.05) is 20.8 Å². The molecule has 2 heterocycles. The zero-order valence-corrected chi connectivity index (χ0v) is 12.5. The highest BCUT2D eigenvalue weighted by Crippen LogP contribution is 2.26. The number of nitrogens with one attached hydrogen (secondary N) is 1. The number of nitrogens with zero attached hydrogens (tertiary/aromatic N) is 1. The van der Waals surface area contributed by atoms with Crippen molar-refractivity contribution in [2.45, 2.75) is 38.5 Å². The summed E-state index contributed by atoms with van der Waals surface area (Å²) >= 11 is 2.07. The number of rotatable bonds is 1. The van der Waals surface area contributed by atoms with Gasteiger partial charge in [0, 0.05) is 17.9 Å². The van der Waals surface area contributed by atoms with Gasteiger partial charge in [0.2, 0.25) is 0 Å². The summed E-state index contributed by atoms with van der Waals surface area (Å²) in [5, 5.41) is 0. The molecule has 0 bridgehead atoms. The van der Waals surface area contributed by atoms with Crippen LogP contribution in [-0.2, 0) is 10.2 Å². The van der Waals surface area contributed by atoms with E-state index in [0.29, 0.717) is 10.2 Å². The van der Waals surface area contributed by atoms with E-state index < -0.39 is 0 Å². The van der Waals surface area contributed by atoms with Crippen molar-refractivity contribution in [3.8, 4) is 0 Å². The summed E-state index contributed by atoms with van der Waals surface area (Å²) in [6.07, 6.45) is 0.938. The lowest BCUT2D eigenvalue weighted by molar-refractivity contribution is 0.193. The molecule has 1 saturated heterocycles. The fourth-order valence-corrected chi connectivity index (χ4v) is 2.98. The summed E-state index contributed by atoms with van der Waals surface area (Å²) in [4.78, 5) is 19.4. The van der Waals surface area contributed by atoms with Crippen molar-refractivity contribution in [2.24, 2.45) is 0 Å². The second-order valence-electron chi connectivity index (χ2n) is 5.42. The maximum absolute atomic E-state index is 11.9. The zero-order chi connectivity index (χ0) is 12.6. The summed E-state index contributed by atoms with van der Waals surface area (Å²) in [6.45, 7) is 7.64. The molecule has 1 unspecified atom stereocenters. The van der Waals surface area contributed by atoms with Gasteiger partial charge < -0.3 is 9.72 Å². The predicted octanol–water partition coefficient (Wildman–Crippen LogP) is 2.18. The molecule has 0 aliphatic carbocycles. The van der Waals surface area contributed by atoms with Crippen LogP contribution in [0.5, 0.6) is 0 Å². The Morgan fingerprint density at radius 3 is 2.71 bits per heavy atom. The molecule has 1 atom stereocenters. The lowest BCUT2D eigenvalue weighted by Crippen LogP contribution is -2.26. The van der Waals surface area contributed by atoms with Gasteiger partial charge in [0.1, 0.15) is 9.39 Å². The summed E-state index contributed by atoms with van der Waals surface area (Å²) in [5.41, 5.74) is 0.732. The Morgan fingerprint density at radius 1 is 1.47 bits per heavy atom. The van der Waals surface area contributed by atoms with Crippen LogP contribution in [0.2, 0.25) is 0 Å². The van der Waals surface area contributed by atoms with Gasteiger partial charge in [-0.3, -0.25) is 4.79 Å². The van der Waals surface area contributed by atoms with Crippen LogP contribution in [0.4, 0.5) is 0 Å². The molecule has 0 saturated carbocycles. The minimum atomic E-state index is -0.112. The smallest absolute Gasteiger partial charge is 0.264 e. The van der Waals surface area contributed by atoms with Crippen molar-refractivity contribution >= 4 is 22.6 Å². The first-order valence-electron chi connectivity index (χ1n) is 5.77. The molecule has 94 valence electrons. The first-order valence-corrected chi connectivity index (χ1v) is 6.85. The van der Waals surface area contributed by atoms with E-state index in [1.807, 2.05) is 0 Å². The van der Waals surface area contributed by atoms with Crippen LogP contribution in [0.3, 0.4) is 0 Å². The first kappa shape index (κ1) is 13.0. The summed E-state index contributed by atoms with van der Waals surface area (Å²) in [5.74, 6) is 1.01. The Labute approximate surface area is 114 Å². The van der Waals surface area contributed by atoms with Crippen LogP contribution in [0.15, 0.2) is 4.79 Å². The van der Waals surface area contributed by atoms with Crippen molar-refractivity contribution in [3.63, 3.8) is 0 Å². The minimum Gasteiger partial charge on any atom is -0.381 e. The third-order valence-corrected chi connectivity index (χ3v) is 3.91. The van der Waals surface area contributed by atoms with E-state index in [2.05, 4.69) is 53.3 Å². The number of ether oxygens (including phenoxy) is 1. The molecule has 1 aromatic heterocycles. The lowest BCUT2D eigenvalue weighted by Gasteiger charge is -2.20. The standard InChI is InChI=1S/C12H17IN2O2/c1-12(2,3)9-8(13)11(16)15-10(14-9)7-4-5-17-6-7/h7H,4-6H2,1-3H3,(H,14,15,16). The van der Waals surface area contributed by atoms with Crippen LogP contribution < -0.4 is 5.56 Å². The highest BCUT2D eigenvalue weighted by molar-refractivity contribution is 14.1. The van der Waals surface area contributed by atoms with Gasteiger partial charge in [-0.15, -0.1) is 0 Å². The third kappa shape index (κ3) is 2.70. The Bertz CT molecular complexity index is 470. The summed E-state index contributed by atoms with van der Waals surface area (Å²) in [7, 11) is 0. The van der Waals surface area contributed by atoms with Gasteiger partial charge in [0.15, 0.2) is 0 Å². The molecule has 1 fully saturated rings. The predicted molar refractivity (Wildman–Crippen MR) is 74.5 cm³/mol. The van der Waals surface area contributed by atoms with Crippen LogP contribution >= 0.6 is 22.6 Å². The normalized spacial score (nSPS) is 20.8. The zero-order valence-electron chi connectivity index (χ0n) is 10.3. The van der Waals surface area contributed by atoms with E-state index >= 15 is 0 Å². The highest BCUT2D eigenvalue weighted by atomic mass is 127. The topological polar surface area (TPSA) is 55.0 Å². The van der Waals surface area contributed by atoms with Gasteiger partial charge in [-0.05, 0) is 29.0 Å². The van der Waals surface area contributed by atoms with Gasteiger partial charge in [0.25, 0.3) is 5.56 Å². The summed E-state index contributed by atoms with van der Waals surface area (Å²) in [6, 6.07) is 0. The molecule has 4 nitrogen and oxygen atoms in total. The van der Waals surface area contributed by atoms with Crippen molar-refractivity contribution in [1.29, 1.82) is 0 Å². The minimum absolute atomic E-state index is 0.0348. The van der Waals surface area contributed by atoms with Crippen LogP contribution in [0.1, 0.15) is 44.6 Å². The molecule has 0 amide bonds. The maximum atomic E-state index is 11.9. The Balaban J connectivity index is 2.49. The van der Waals surface area contributed by atoms with Crippen LogP contribution in [0, 0.1) is 3.57 Å². The maximum Gasteiger partial charge on any atom is 0.264 e. The average Bonchev–Trinajstić information content (AvgIpc) is 2.73. The van der Waals surface area contributed by atoms with E-state index in [-0.39, 0.29) is 16.9 Å². The Morgan fingerprint density at radius 2 is 2.18 bits per heavy atom. The number of aromatic nitrogens is 2. The molecule has 1 aliphatic rings. The van der Waals surface area contributed by atoms with Crippen molar-refractivity contribution in [3.05, 3.63) is 25.4 Å². The second kappa shape index (κ2) is 4.68. The molecular formula is C12H17IN2O2. The highest BCUT2D eigenvalue weighted by Gasteiger charge is 2.26. The number of hydrogen-bond acceptors (Lipinski definition) is 3. The first-order chi connectivity index (χ1) is 7.89. The molecule has 0 radical (unpaired) electrons. The number of H-pyrrole nitrogens is 1. The van der Waals surface area contributed by atoms with Crippen molar-refractivity contribution in [2.75, 3.05) is 13.2 Å². The number of hydrogen-bond donors (Lipinski definition) is 1.